The van der Waals surface area contributed by atoms with Crippen molar-refractivity contribution in [3.8, 4) is 0 Å². The largest absolute Gasteiger partial charge is 0.357 e. The maximum absolute atomic E-state index is 12.5. The van der Waals surface area contributed by atoms with E-state index in [9.17, 15) is 9.59 Å². The number of carbonyl (C=O) groups excluding carboxylic acids is 2. The fourth-order valence-corrected chi connectivity index (χ4v) is 2.95. The first-order chi connectivity index (χ1) is 10.8. The molecule has 0 spiro atoms. The van der Waals surface area contributed by atoms with Crippen LogP contribution in [0, 0.1) is 0 Å². The van der Waals surface area contributed by atoms with E-state index in [1.807, 2.05) is 0 Å². The lowest BCUT2D eigenvalue weighted by molar-refractivity contribution is -0.119. The molecule has 1 aromatic heterocycles. The van der Waals surface area contributed by atoms with Gasteiger partial charge in [-0.25, -0.2) is 9.97 Å². The van der Waals surface area contributed by atoms with E-state index in [0.717, 1.165) is 25.3 Å². The summed E-state index contributed by atoms with van der Waals surface area (Å²) in [6, 6.07) is 1.79. The lowest BCUT2D eigenvalue weighted by Gasteiger charge is -2.32. The third kappa shape index (κ3) is 3.18. The standard InChI is InChI=1S/C15H21N5O2/c21-12-18-6-8-20(9-7-18)15(22)13-10-14(17-11-16-13)19-4-2-1-3-5-19/h10-12H,1-9H2. The molecule has 2 amide bonds. The summed E-state index contributed by atoms with van der Waals surface area (Å²) in [5.41, 5.74) is 0.440. The molecule has 2 saturated heterocycles. The molecule has 0 radical (unpaired) electrons. The number of hydrogen-bond donors (Lipinski definition) is 0. The van der Waals surface area contributed by atoms with Crippen LogP contribution in [0.3, 0.4) is 0 Å². The Morgan fingerprint density at radius 3 is 2.41 bits per heavy atom. The summed E-state index contributed by atoms with van der Waals surface area (Å²) in [6.45, 7) is 4.26. The van der Waals surface area contributed by atoms with E-state index in [1.165, 1.54) is 25.6 Å². The summed E-state index contributed by atoms with van der Waals surface area (Å²) in [4.78, 5) is 37.4. The SMILES string of the molecule is O=CN1CCN(C(=O)c2cc(N3CCCCC3)ncn2)CC1. The molecule has 0 aliphatic carbocycles. The summed E-state index contributed by atoms with van der Waals surface area (Å²) in [5.74, 6) is 0.760. The molecule has 22 heavy (non-hydrogen) atoms. The fraction of sp³-hybridized carbons (Fsp3) is 0.600. The Labute approximate surface area is 129 Å². The number of anilines is 1. The predicted octanol–water partition coefficient (Wildman–Crippen LogP) is 0.381. The molecular weight excluding hydrogens is 282 g/mol. The van der Waals surface area contributed by atoms with E-state index >= 15 is 0 Å². The van der Waals surface area contributed by atoms with Crippen LogP contribution >= 0.6 is 0 Å². The minimum absolute atomic E-state index is 0.0776. The number of piperidine rings is 1. The van der Waals surface area contributed by atoms with Crippen molar-refractivity contribution < 1.29 is 9.59 Å². The molecule has 3 heterocycles. The maximum Gasteiger partial charge on any atom is 0.272 e. The Balaban J connectivity index is 1.69. The summed E-state index contributed by atoms with van der Waals surface area (Å²) in [5, 5.41) is 0. The molecule has 118 valence electrons. The highest BCUT2D eigenvalue weighted by Gasteiger charge is 2.23. The van der Waals surface area contributed by atoms with Crippen molar-refractivity contribution in [1.29, 1.82) is 0 Å². The van der Waals surface area contributed by atoms with Crippen LogP contribution in [0.5, 0.6) is 0 Å². The van der Waals surface area contributed by atoms with Crippen LogP contribution in [0.1, 0.15) is 29.8 Å². The van der Waals surface area contributed by atoms with Gasteiger partial charge in [-0.05, 0) is 19.3 Å². The van der Waals surface area contributed by atoms with Gasteiger partial charge in [0.15, 0.2) is 0 Å². The van der Waals surface area contributed by atoms with Gasteiger partial charge < -0.3 is 14.7 Å². The van der Waals surface area contributed by atoms with Gasteiger partial charge in [-0.15, -0.1) is 0 Å². The van der Waals surface area contributed by atoms with E-state index in [4.69, 9.17) is 0 Å². The highest BCUT2D eigenvalue weighted by molar-refractivity contribution is 5.93. The van der Waals surface area contributed by atoms with Gasteiger partial charge in [-0.3, -0.25) is 9.59 Å². The van der Waals surface area contributed by atoms with E-state index in [0.29, 0.717) is 31.9 Å². The zero-order chi connectivity index (χ0) is 15.4. The quantitative estimate of drug-likeness (QED) is 0.755. The molecule has 7 nitrogen and oxygen atoms in total. The van der Waals surface area contributed by atoms with Crippen LogP contribution in [0.15, 0.2) is 12.4 Å². The number of amides is 2. The molecule has 0 saturated carbocycles. The summed E-state index contributed by atoms with van der Waals surface area (Å²) in [7, 11) is 0. The number of hydrogen-bond acceptors (Lipinski definition) is 5. The topological polar surface area (TPSA) is 69.6 Å². The average Bonchev–Trinajstić information content (AvgIpc) is 2.62. The minimum Gasteiger partial charge on any atom is -0.357 e. The molecule has 0 bridgehead atoms. The molecule has 0 atom stereocenters. The summed E-state index contributed by atoms with van der Waals surface area (Å²) in [6.07, 6.45) is 5.90. The predicted molar refractivity (Wildman–Crippen MR) is 81.6 cm³/mol. The van der Waals surface area contributed by atoms with Crippen LogP contribution in [-0.2, 0) is 4.79 Å². The fourth-order valence-electron chi connectivity index (χ4n) is 2.95. The van der Waals surface area contributed by atoms with Crippen molar-refractivity contribution in [3.63, 3.8) is 0 Å². The van der Waals surface area contributed by atoms with Gasteiger partial charge in [-0.2, -0.15) is 0 Å². The monoisotopic (exact) mass is 303 g/mol. The van der Waals surface area contributed by atoms with Crippen LogP contribution in [-0.4, -0.2) is 71.4 Å². The molecule has 0 aromatic carbocycles. The second-order valence-corrected chi connectivity index (χ2v) is 5.74. The van der Waals surface area contributed by atoms with Crippen molar-refractivity contribution >= 4 is 18.1 Å². The number of rotatable bonds is 3. The van der Waals surface area contributed by atoms with E-state index in [1.54, 1.807) is 15.9 Å². The second kappa shape index (κ2) is 6.72. The summed E-state index contributed by atoms with van der Waals surface area (Å²) >= 11 is 0. The van der Waals surface area contributed by atoms with Crippen LogP contribution in [0.2, 0.25) is 0 Å². The van der Waals surface area contributed by atoms with E-state index < -0.39 is 0 Å². The first-order valence-electron chi connectivity index (χ1n) is 7.83. The maximum atomic E-state index is 12.5. The van der Waals surface area contributed by atoms with Crippen molar-refractivity contribution in [2.75, 3.05) is 44.2 Å². The molecule has 2 fully saturated rings. The average molecular weight is 303 g/mol. The third-order valence-electron chi connectivity index (χ3n) is 4.30. The van der Waals surface area contributed by atoms with Gasteiger partial charge in [0.2, 0.25) is 6.41 Å². The zero-order valence-electron chi connectivity index (χ0n) is 12.6. The van der Waals surface area contributed by atoms with Gasteiger partial charge in [0.25, 0.3) is 5.91 Å². The number of nitrogens with zero attached hydrogens (tertiary/aromatic N) is 5. The smallest absolute Gasteiger partial charge is 0.272 e. The molecule has 7 heteroatoms. The molecule has 3 rings (SSSR count). The minimum atomic E-state index is -0.0776. The molecule has 0 N–H and O–H groups in total. The lowest BCUT2D eigenvalue weighted by atomic mass is 10.1. The van der Waals surface area contributed by atoms with Gasteiger partial charge in [0.05, 0.1) is 0 Å². The normalized spacial score (nSPS) is 19.2. The zero-order valence-corrected chi connectivity index (χ0v) is 12.6. The van der Waals surface area contributed by atoms with E-state index in [-0.39, 0.29) is 5.91 Å². The Morgan fingerprint density at radius 1 is 1.00 bits per heavy atom. The van der Waals surface area contributed by atoms with Crippen LogP contribution in [0.4, 0.5) is 5.82 Å². The summed E-state index contributed by atoms with van der Waals surface area (Å²) < 4.78 is 0. The number of carbonyl (C=O) groups is 2. The highest BCUT2D eigenvalue weighted by Crippen LogP contribution is 2.18. The molecule has 2 aliphatic rings. The Bertz CT molecular complexity index is 536. The van der Waals surface area contributed by atoms with Crippen LogP contribution in [0.25, 0.3) is 0 Å². The second-order valence-electron chi connectivity index (χ2n) is 5.74. The first kappa shape index (κ1) is 14.7. The number of aromatic nitrogens is 2. The lowest BCUT2D eigenvalue weighted by Crippen LogP contribution is -2.48. The molecule has 2 aliphatic heterocycles. The van der Waals surface area contributed by atoms with Gasteiger partial charge in [-0.1, -0.05) is 0 Å². The van der Waals surface area contributed by atoms with Crippen molar-refractivity contribution in [1.82, 2.24) is 19.8 Å². The van der Waals surface area contributed by atoms with E-state index in [2.05, 4.69) is 14.9 Å². The van der Waals surface area contributed by atoms with Gasteiger partial charge >= 0.3 is 0 Å². The number of piperazine rings is 1. The van der Waals surface area contributed by atoms with Crippen molar-refractivity contribution in [2.45, 2.75) is 19.3 Å². The Hall–Kier alpha value is -2.18. The van der Waals surface area contributed by atoms with Crippen molar-refractivity contribution in [3.05, 3.63) is 18.1 Å². The van der Waals surface area contributed by atoms with Gasteiger partial charge in [0, 0.05) is 45.3 Å². The molecule has 1 aromatic rings. The Morgan fingerprint density at radius 2 is 1.73 bits per heavy atom. The highest BCUT2D eigenvalue weighted by atomic mass is 16.2. The van der Waals surface area contributed by atoms with Crippen molar-refractivity contribution in [2.24, 2.45) is 0 Å². The first-order valence-corrected chi connectivity index (χ1v) is 7.83. The molecular formula is C15H21N5O2. The van der Waals surface area contributed by atoms with Gasteiger partial charge in [0.1, 0.15) is 17.8 Å². The third-order valence-corrected chi connectivity index (χ3v) is 4.30. The Kier molecular flexibility index (Phi) is 4.50. The molecule has 0 unspecified atom stereocenters. The van der Waals surface area contributed by atoms with Crippen LogP contribution < -0.4 is 4.90 Å².